The van der Waals surface area contributed by atoms with E-state index in [-0.39, 0.29) is 5.41 Å². The van der Waals surface area contributed by atoms with Gasteiger partial charge in [-0.1, -0.05) is 51.1 Å². The van der Waals surface area contributed by atoms with Crippen molar-refractivity contribution in [3.05, 3.63) is 58.3 Å². The van der Waals surface area contributed by atoms with E-state index >= 15 is 0 Å². The van der Waals surface area contributed by atoms with Crippen LogP contribution in [0.4, 0.5) is 0 Å². The van der Waals surface area contributed by atoms with Crippen LogP contribution in [0, 0.1) is 5.41 Å². The molecule has 0 saturated heterocycles. The summed E-state index contributed by atoms with van der Waals surface area (Å²) in [6, 6.07) is 13.7. The van der Waals surface area contributed by atoms with E-state index in [0.29, 0.717) is 12.1 Å². The molecular weight excluding hydrogens is 250 g/mol. The fourth-order valence-corrected chi connectivity index (χ4v) is 3.11. The molecule has 0 spiro atoms. The van der Waals surface area contributed by atoms with Gasteiger partial charge in [0.05, 0.1) is 0 Å². The van der Waals surface area contributed by atoms with Crippen molar-refractivity contribution in [1.29, 1.82) is 0 Å². The Labute approximate surface area is 120 Å². The normalized spacial score (nSPS) is 15.2. The van der Waals surface area contributed by atoms with Crippen molar-refractivity contribution in [3.8, 4) is 0 Å². The Morgan fingerprint density at radius 2 is 1.68 bits per heavy atom. The van der Waals surface area contributed by atoms with Crippen LogP contribution in [0.5, 0.6) is 0 Å². The van der Waals surface area contributed by atoms with Gasteiger partial charge in [-0.15, -0.1) is 0 Å². The van der Waals surface area contributed by atoms with Crippen LogP contribution in [0.1, 0.15) is 50.9 Å². The van der Waals surface area contributed by atoms with Gasteiger partial charge >= 0.3 is 0 Å². The Kier molecular flexibility index (Phi) is 4.43. The maximum absolute atomic E-state index is 3.78. The summed E-state index contributed by atoms with van der Waals surface area (Å²) in [5.41, 5.74) is 2.92. The molecule has 2 heteroatoms. The van der Waals surface area contributed by atoms with Gasteiger partial charge in [-0.3, -0.25) is 0 Å². The van der Waals surface area contributed by atoms with Crippen molar-refractivity contribution in [2.45, 2.75) is 39.8 Å². The van der Waals surface area contributed by atoms with Crippen LogP contribution in [-0.2, 0) is 0 Å². The quantitative estimate of drug-likeness (QED) is 0.808. The predicted molar refractivity (Wildman–Crippen MR) is 84.5 cm³/mol. The van der Waals surface area contributed by atoms with Gasteiger partial charge in [0, 0.05) is 12.1 Å². The smallest absolute Gasteiger partial charge is 0.0374 e. The first-order chi connectivity index (χ1) is 8.98. The van der Waals surface area contributed by atoms with Crippen molar-refractivity contribution in [3.63, 3.8) is 0 Å². The van der Waals surface area contributed by atoms with E-state index in [2.05, 4.69) is 80.2 Å². The number of rotatable bonds is 4. The number of nitrogens with one attached hydrogen (secondary N) is 1. The third-order valence-electron chi connectivity index (χ3n) is 3.46. The third kappa shape index (κ3) is 3.68. The van der Waals surface area contributed by atoms with Crippen LogP contribution >= 0.6 is 11.3 Å². The monoisotopic (exact) mass is 273 g/mol. The minimum Gasteiger partial charge on any atom is -0.303 e. The van der Waals surface area contributed by atoms with Crippen LogP contribution in [0.25, 0.3) is 0 Å². The molecule has 2 atom stereocenters. The Balaban J connectivity index is 2.20. The number of thiophene rings is 1. The zero-order chi connectivity index (χ0) is 13.9. The van der Waals surface area contributed by atoms with Crippen molar-refractivity contribution >= 4 is 11.3 Å². The van der Waals surface area contributed by atoms with E-state index in [1.54, 1.807) is 11.3 Å². The lowest BCUT2D eigenvalue weighted by atomic mass is 9.82. The summed E-state index contributed by atoms with van der Waals surface area (Å²) in [5, 5.41) is 8.15. The van der Waals surface area contributed by atoms with Crippen LogP contribution < -0.4 is 5.32 Å². The maximum atomic E-state index is 3.78. The van der Waals surface area contributed by atoms with Crippen molar-refractivity contribution < 1.29 is 0 Å². The summed E-state index contributed by atoms with van der Waals surface area (Å²) in [4.78, 5) is 0. The standard InChI is InChI=1S/C17H23NS/c1-13(15-10-11-19-12-15)18-16(17(2,3)4)14-8-6-5-7-9-14/h5-13,16,18H,1-4H3. The average Bonchev–Trinajstić information content (AvgIpc) is 2.89. The van der Waals surface area contributed by atoms with E-state index in [1.807, 2.05) is 0 Å². The Hall–Kier alpha value is -1.12. The van der Waals surface area contributed by atoms with Crippen LogP contribution in [0.3, 0.4) is 0 Å². The largest absolute Gasteiger partial charge is 0.303 e. The van der Waals surface area contributed by atoms with Gasteiger partial charge in [0.25, 0.3) is 0 Å². The molecule has 1 aromatic heterocycles. The van der Waals surface area contributed by atoms with Gasteiger partial charge in [0.2, 0.25) is 0 Å². The van der Waals surface area contributed by atoms with Gasteiger partial charge in [-0.05, 0) is 40.3 Å². The van der Waals surface area contributed by atoms with Gasteiger partial charge in [0.15, 0.2) is 0 Å². The molecule has 1 aromatic carbocycles. The molecule has 0 bridgehead atoms. The van der Waals surface area contributed by atoms with Crippen molar-refractivity contribution in [2.75, 3.05) is 0 Å². The van der Waals surface area contributed by atoms with Crippen LogP contribution in [0.15, 0.2) is 47.2 Å². The minimum atomic E-state index is 0.186. The summed E-state index contributed by atoms with van der Waals surface area (Å²) in [6.07, 6.45) is 0. The second-order valence-corrected chi connectivity index (χ2v) is 6.93. The fourth-order valence-electron chi connectivity index (χ4n) is 2.36. The van der Waals surface area contributed by atoms with Gasteiger partial charge in [-0.25, -0.2) is 0 Å². The van der Waals surface area contributed by atoms with Crippen molar-refractivity contribution in [2.24, 2.45) is 5.41 Å². The summed E-state index contributed by atoms with van der Waals surface area (Å²) in [7, 11) is 0. The molecule has 0 aliphatic carbocycles. The molecule has 0 saturated carbocycles. The lowest BCUT2D eigenvalue weighted by Gasteiger charge is -2.34. The Bertz CT molecular complexity index is 482. The molecule has 1 nitrogen and oxygen atoms in total. The molecule has 2 aromatic rings. The highest BCUT2D eigenvalue weighted by molar-refractivity contribution is 7.07. The van der Waals surface area contributed by atoms with E-state index in [9.17, 15) is 0 Å². The molecule has 0 fully saturated rings. The zero-order valence-corrected chi connectivity index (χ0v) is 13.0. The van der Waals surface area contributed by atoms with Crippen LogP contribution in [0.2, 0.25) is 0 Å². The molecule has 19 heavy (non-hydrogen) atoms. The highest BCUT2D eigenvalue weighted by Gasteiger charge is 2.27. The SMILES string of the molecule is CC(NC(c1ccccc1)C(C)(C)C)c1ccsc1. The topological polar surface area (TPSA) is 12.0 Å². The van der Waals surface area contributed by atoms with E-state index in [4.69, 9.17) is 0 Å². The summed E-state index contributed by atoms with van der Waals surface area (Å²) in [5.74, 6) is 0. The van der Waals surface area contributed by atoms with E-state index in [0.717, 1.165) is 0 Å². The molecule has 2 rings (SSSR count). The molecule has 1 N–H and O–H groups in total. The molecule has 0 aliphatic rings. The number of benzene rings is 1. The van der Waals surface area contributed by atoms with Gasteiger partial charge in [-0.2, -0.15) is 11.3 Å². The lowest BCUT2D eigenvalue weighted by Crippen LogP contribution is -2.34. The zero-order valence-electron chi connectivity index (χ0n) is 12.2. The van der Waals surface area contributed by atoms with Crippen molar-refractivity contribution in [1.82, 2.24) is 5.32 Å². The third-order valence-corrected chi connectivity index (χ3v) is 4.16. The molecule has 0 amide bonds. The minimum absolute atomic E-state index is 0.186. The average molecular weight is 273 g/mol. The second-order valence-electron chi connectivity index (χ2n) is 6.15. The first-order valence-corrected chi connectivity index (χ1v) is 7.76. The first kappa shape index (κ1) is 14.3. The predicted octanol–water partition coefficient (Wildman–Crippen LogP) is 5.19. The van der Waals surface area contributed by atoms with E-state index in [1.165, 1.54) is 11.1 Å². The fraction of sp³-hybridized carbons (Fsp3) is 0.412. The summed E-state index contributed by atoms with van der Waals surface area (Å²) in [6.45, 7) is 9.11. The Morgan fingerprint density at radius 3 is 2.21 bits per heavy atom. The van der Waals surface area contributed by atoms with E-state index < -0.39 is 0 Å². The van der Waals surface area contributed by atoms with Gasteiger partial charge < -0.3 is 5.32 Å². The molecule has 2 unspecified atom stereocenters. The number of hydrogen-bond donors (Lipinski definition) is 1. The second kappa shape index (κ2) is 5.89. The molecule has 0 aliphatic heterocycles. The van der Waals surface area contributed by atoms with Crippen LogP contribution in [-0.4, -0.2) is 0 Å². The first-order valence-electron chi connectivity index (χ1n) is 6.81. The summed E-state index contributed by atoms with van der Waals surface area (Å²) < 4.78 is 0. The Morgan fingerprint density at radius 1 is 1.00 bits per heavy atom. The highest BCUT2D eigenvalue weighted by Crippen LogP contribution is 2.34. The summed E-state index contributed by atoms with van der Waals surface area (Å²) >= 11 is 1.76. The van der Waals surface area contributed by atoms with Gasteiger partial charge in [0.1, 0.15) is 0 Å². The lowest BCUT2D eigenvalue weighted by molar-refractivity contribution is 0.254. The number of hydrogen-bond acceptors (Lipinski definition) is 2. The molecular formula is C17H23NS. The maximum Gasteiger partial charge on any atom is 0.0374 e. The highest BCUT2D eigenvalue weighted by atomic mass is 32.1. The molecule has 0 radical (unpaired) electrons. The molecule has 1 heterocycles. The molecule has 102 valence electrons.